The molecule has 0 aliphatic carbocycles. The second-order valence-corrected chi connectivity index (χ2v) is 6.39. The summed E-state index contributed by atoms with van der Waals surface area (Å²) in [6.07, 6.45) is 0. The summed E-state index contributed by atoms with van der Waals surface area (Å²) in [5.74, 6) is 0.983. The Morgan fingerprint density at radius 2 is 1.67 bits per heavy atom. The van der Waals surface area contributed by atoms with Crippen LogP contribution in [0.1, 0.15) is 11.1 Å². The third-order valence-corrected chi connectivity index (χ3v) is 4.85. The van der Waals surface area contributed by atoms with Gasteiger partial charge in [0.15, 0.2) is 0 Å². The molecule has 0 unspecified atom stereocenters. The van der Waals surface area contributed by atoms with Crippen LogP contribution in [0.15, 0.2) is 48.5 Å². The van der Waals surface area contributed by atoms with Crippen LogP contribution >= 0.6 is 22.6 Å². The summed E-state index contributed by atoms with van der Waals surface area (Å²) in [7, 11) is 1.74. The number of hydrogen-bond donors (Lipinski definition) is 0. The van der Waals surface area contributed by atoms with Crippen molar-refractivity contribution in [3.63, 3.8) is 0 Å². The summed E-state index contributed by atoms with van der Waals surface area (Å²) in [5, 5.41) is 2.56. The fraction of sp³-hybridized carbons (Fsp3) is 0.158. The van der Waals surface area contributed by atoms with Crippen LogP contribution in [0.2, 0.25) is 0 Å². The molecule has 0 aliphatic rings. The highest BCUT2D eigenvalue weighted by Crippen LogP contribution is 2.38. The first-order valence-corrected chi connectivity index (χ1v) is 8.03. The molecule has 0 amide bonds. The standard InChI is InChI=1S/C19H17IO/c1-12-8-10-15(13(2)19(12)21-3)18-16-7-5-4-6-14(16)9-11-17(18)20/h4-11H,1-3H3. The molecule has 0 radical (unpaired) electrons. The monoisotopic (exact) mass is 388 g/mol. The van der Waals surface area contributed by atoms with Crippen LogP contribution < -0.4 is 4.74 Å². The molecule has 0 atom stereocenters. The van der Waals surface area contributed by atoms with Gasteiger partial charge in [-0.15, -0.1) is 0 Å². The number of benzene rings is 3. The van der Waals surface area contributed by atoms with Crippen molar-refractivity contribution in [3.05, 3.63) is 63.2 Å². The molecule has 21 heavy (non-hydrogen) atoms. The Balaban J connectivity index is 2.38. The van der Waals surface area contributed by atoms with E-state index in [4.69, 9.17) is 4.74 Å². The smallest absolute Gasteiger partial charge is 0.125 e. The number of hydrogen-bond acceptors (Lipinski definition) is 1. The van der Waals surface area contributed by atoms with Crippen LogP contribution in [-0.4, -0.2) is 7.11 Å². The highest BCUT2D eigenvalue weighted by molar-refractivity contribution is 14.1. The van der Waals surface area contributed by atoms with Crippen molar-refractivity contribution in [2.24, 2.45) is 0 Å². The number of methoxy groups -OCH3 is 1. The maximum Gasteiger partial charge on any atom is 0.125 e. The Morgan fingerprint density at radius 1 is 0.905 bits per heavy atom. The van der Waals surface area contributed by atoms with Crippen molar-refractivity contribution in [2.45, 2.75) is 13.8 Å². The van der Waals surface area contributed by atoms with E-state index < -0.39 is 0 Å². The summed E-state index contributed by atoms with van der Waals surface area (Å²) < 4.78 is 6.85. The normalized spacial score (nSPS) is 10.9. The molecule has 0 N–H and O–H groups in total. The topological polar surface area (TPSA) is 9.23 Å². The third kappa shape index (κ3) is 2.42. The van der Waals surface area contributed by atoms with Crippen molar-refractivity contribution in [1.82, 2.24) is 0 Å². The van der Waals surface area contributed by atoms with Gasteiger partial charge in [0.05, 0.1) is 7.11 Å². The van der Waals surface area contributed by atoms with E-state index >= 15 is 0 Å². The quantitative estimate of drug-likeness (QED) is 0.509. The Morgan fingerprint density at radius 3 is 2.43 bits per heavy atom. The van der Waals surface area contributed by atoms with Gasteiger partial charge in [-0.3, -0.25) is 0 Å². The average Bonchev–Trinajstić information content (AvgIpc) is 2.49. The van der Waals surface area contributed by atoms with Crippen LogP contribution in [-0.2, 0) is 0 Å². The van der Waals surface area contributed by atoms with E-state index in [-0.39, 0.29) is 0 Å². The first kappa shape index (κ1) is 14.4. The van der Waals surface area contributed by atoms with Gasteiger partial charge in [-0.1, -0.05) is 42.5 Å². The number of rotatable bonds is 2. The van der Waals surface area contributed by atoms with Crippen molar-refractivity contribution in [2.75, 3.05) is 7.11 Å². The Bertz CT molecular complexity index is 821. The van der Waals surface area contributed by atoms with Crippen molar-refractivity contribution in [3.8, 4) is 16.9 Å². The minimum absolute atomic E-state index is 0.983. The van der Waals surface area contributed by atoms with E-state index in [0.29, 0.717) is 0 Å². The molecule has 0 spiro atoms. The summed E-state index contributed by atoms with van der Waals surface area (Å²) in [5.41, 5.74) is 4.92. The molecule has 106 valence electrons. The van der Waals surface area contributed by atoms with Crippen LogP contribution in [0.25, 0.3) is 21.9 Å². The molecule has 0 bridgehead atoms. The zero-order valence-corrected chi connectivity index (χ0v) is 14.6. The number of aryl methyl sites for hydroxylation is 1. The second kappa shape index (κ2) is 5.68. The van der Waals surface area contributed by atoms with E-state index in [1.165, 1.54) is 36.6 Å². The summed E-state index contributed by atoms with van der Waals surface area (Å²) in [6, 6.07) is 17.3. The van der Waals surface area contributed by atoms with Gasteiger partial charge in [0.2, 0.25) is 0 Å². The van der Waals surface area contributed by atoms with Crippen LogP contribution in [0.3, 0.4) is 0 Å². The van der Waals surface area contributed by atoms with E-state index in [0.717, 1.165) is 5.75 Å². The van der Waals surface area contributed by atoms with Gasteiger partial charge in [-0.2, -0.15) is 0 Å². The lowest BCUT2D eigenvalue weighted by atomic mass is 9.93. The summed E-state index contributed by atoms with van der Waals surface area (Å²) in [4.78, 5) is 0. The van der Waals surface area contributed by atoms with Gasteiger partial charge in [-0.05, 0) is 70.0 Å². The molecular weight excluding hydrogens is 371 g/mol. The second-order valence-electron chi connectivity index (χ2n) is 5.23. The molecule has 3 aromatic carbocycles. The number of fused-ring (bicyclic) bond motifs is 1. The fourth-order valence-corrected chi connectivity index (χ4v) is 3.69. The third-order valence-electron chi connectivity index (χ3n) is 3.95. The van der Waals surface area contributed by atoms with Gasteiger partial charge in [-0.25, -0.2) is 0 Å². The fourth-order valence-electron chi connectivity index (χ4n) is 2.93. The van der Waals surface area contributed by atoms with E-state index in [1.54, 1.807) is 7.11 Å². The lowest BCUT2D eigenvalue weighted by molar-refractivity contribution is 0.409. The Hall–Kier alpha value is -1.55. The molecule has 0 fully saturated rings. The lowest BCUT2D eigenvalue weighted by Crippen LogP contribution is -1.95. The predicted octanol–water partition coefficient (Wildman–Crippen LogP) is 5.74. The van der Waals surface area contributed by atoms with Crippen LogP contribution in [0.4, 0.5) is 0 Å². The van der Waals surface area contributed by atoms with E-state index in [2.05, 4.69) is 85.0 Å². The molecule has 3 rings (SSSR count). The first-order chi connectivity index (χ1) is 10.1. The molecule has 1 nitrogen and oxygen atoms in total. The molecular formula is C19H17IO. The van der Waals surface area contributed by atoms with Crippen LogP contribution in [0.5, 0.6) is 5.75 Å². The van der Waals surface area contributed by atoms with E-state index in [9.17, 15) is 0 Å². The molecule has 0 heterocycles. The Labute approximate surface area is 139 Å². The van der Waals surface area contributed by atoms with E-state index in [1.807, 2.05) is 0 Å². The number of halogens is 1. The summed E-state index contributed by atoms with van der Waals surface area (Å²) >= 11 is 2.42. The zero-order valence-electron chi connectivity index (χ0n) is 12.4. The highest BCUT2D eigenvalue weighted by Gasteiger charge is 2.14. The number of ether oxygens (including phenoxy) is 1. The van der Waals surface area contributed by atoms with Gasteiger partial charge >= 0.3 is 0 Å². The molecule has 2 heteroatoms. The largest absolute Gasteiger partial charge is 0.496 e. The highest BCUT2D eigenvalue weighted by atomic mass is 127. The minimum Gasteiger partial charge on any atom is -0.496 e. The van der Waals surface area contributed by atoms with Gasteiger partial charge < -0.3 is 4.74 Å². The van der Waals surface area contributed by atoms with Crippen molar-refractivity contribution in [1.29, 1.82) is 0 Å². The minimum atomic E-state index is 0.983. The Kier molecular flexibility index (Phi) is 3.89. The zero-order chi connectivity index (χ0) is 15.0. The predicted molar refractivity (Wildman–Crippen MR) is 98.1 cm³/mol. The SMILES string of the molecule is COc1c(C)ccc(-c2c(I)ccc3ccccc23)c1C. The maximum absolute atomic E-state index is 5.59. The molecule has 0 saturated heterocycles. The van der Waals surface area contributed by atoms with Gasteiger partial charge in [0, 0.05) is 9.13 Å². The lowest BCUT2D eigenvalue weighted by Gasteiger charge is -2.16. The molecule has 0 aromatic heterocycles. The first-order valence-electron chi connectivity index (χ1n) is 6.95. The van der Waals surface area contributed by atoms with Gasteiger partial charge in [0.25, 0.3) is 0 Å². The maximum atomic E-state index is 5.59. The average molecular weight is 388 g/mol. The van der Waals surface area contributed by atoms with Crippen LogP contribution in [0, 0.1) is 17.4 Å². The molecule has 0 saturated carbocycles. The van der Waals surface area contributed by atoms with Crippen molar-refractivity contribution >= 4 is 33.4 Å². The molecule has 0 aliphatic heterocycles. The van der Waals surface area contributed by atoms with Crippen molar-refractivity contribution < 1.29 is 4.74 Å². The molecule has 3 aromatic rings. The summed E-state index contributed by atoms with van der Waals surface area (Å²) in [6.45, 7) is 4.22. The van der Waals surface area contributed by atoms with Gasteiger partial charge in [0.1, 0.15) is 5.75 Å².